The maximum Gasteiger partial charge on any atom is 0.00680 e. The number of hydrogen-bond donors (Lipinski definition) is 1. The van der Waals surface area contributed by atoms with Gasteiger partial charge in [0.1, 0.15) is 0 Å². The molecule has 9 heavy (non-hydrogen) atoms. The molecule has 0 aromatic rings. The van der Waals surface area contributed by atoms with Gasteiger partial charge in [-0.2, -0.15) is 12.6 Å². The minimum Gasteiger partial charge on any atom is -0.175 e. The van der Waals surface area contributed by atoms with Crippen molar-refractivity contribution >= 4 is 12.6 Å². The predicted octanol–water partition coefficient (Wildman–Crippen LogP) is 2.89. The lowest BCUT2D eigenvalue weighted by atomic mass is 9.77. The quantitative estimate of drug-likeness (QED) is 0.497. The van der Waals surface area contributed by atoms with Gasteiger partial charge in [0.2, 0.25) is 0 Å². The van der Waals surface area contributed by atoms with E-state index in [2.05, 4.69) is 26.5 Å². The van der Waals surface area contributed by atoms with Gasteiger partial charge in [0.05, 0.1) is 0 Å². The second-order valence-electron chi connectivity index (χ2n) is 3.75. The van der Waals surface area contributed by atoms with E-state index in [0.29, 0.717) is 10.7 Å². The Labute approximate surface area is 63.4 Å². The van der Waals surface area contributed by atoms with Crippen LogP contribution in [0.25, 0.3) is 0 Å². The first-order chi connectivity index (χ1) is 4.13. The van der Waals surface area contributed by atoms with Crippen LogP contribution in [-0.4, -0.2) is 5.25 Å². The average molecular weight is 144 g/mol. The Kier molecular flexibility index (Phi) is 2.10. The van der Waals surface area contributed by atoms with Crippen LogP contribution in [0.2, 0.25) is 0 Å². The van der Waals surface area contributed by atoms with Crippen LogP contribution in [-0.2, 0) is 0 Å². The molecule has 0 aromatic heterocycles. The van der Waals surface area contributed by atoms with Crippen LogP contribution in [0.4, 0.5) is 0 Å². The summed E-state index contributed by atoms with van der Waals surface area (Å²) < 4.78 is 0. The minimum atomic E-state index is 0.501. The highest BCUT2D eigenvalue weighted by Gasteiger charge is 2.28. The molecule has 0 radical (unpaired) electrons. The van der Waals surface area contributed by atoms with Crippen molar-refractivity contribution in [3.63, 3.8) is 0 Å². The van der Waals surface area contributed by atoms with Gasteiger partial charge in [-0.25, -0.2) is 0 Å². The van der Waals surface area contributed by atoms with E-state index in [1.54, 1.807) is 0 Å². The summed E-state index contributed by atoms with van der Waals surface area (Å²) in [6.07, 6.45) is 5.47. The molecule has 1 aliphatic rings. The molecule has 0 bridgehead atoms. The summed E-state index contributed by atoms with van der Waals surface area (Å²) in [7, 11) is 0. The Bertz CT molecular complexity index is 96.7. The van der Waals surface area contributed by atoms with Gasteiger partial charge in [0, 0.05) is 5.25 Å². The summed E-state index contributed by atoms with van der Waals surface area (Å²) in [5.41, 5.74) is 0.501. The van der Waals surface area contributed by atoms with Crippen molar-refractivity contribution < 1.29 is 0 Å². The molecular formula is C8H16S. The molecule has 1 rings (SSSR count). The van der Waals surface area contributed by atoms with Gasteiger partial charge < -0.3 is 0 Å². The molecule has 0 aromatic carbocycles. The lowest BCUT2D eigenvalue weighted by molar-refractivity contribution is 0.258. The third-order valence-corrected chi connectivity index (χ3v) is 3.41. The molecule has 0 amide bonds. The van der Waals surface area contributed by atoms with E-state index >= 15 is 0 Å². The fourth-order valence-corrected chi connectivity index (χ4v) is 1.79. The van der Waals surface area contributed by atoms with Crippen molar-refractivity contribution in [3.8, 4) is 0 Å². The van der Waals surface area contributed by atoms with Crippen LogP contribution < -0.4 is 0 Å². The molecule has 1 heteroatoms. The topological polar surface area (TPSA) is 0 Å². The smallest absolute Gasteiger partial charge is 0.00680 e. The van der Waals surface area contributed by atoms with Crippen molar-refractivity contribution in [2.75, 3.05) is 0 Å². The van der Waals surface area contributed by atoms with E-state index in [9.17, 15) is 0 Å². The normalized spacial score (nSPS) is 34.3. The maximum atomic E-state index is 4.54. The van der Waals surface area contributed by atoms with E-state index in [0.717, 1.165) is 0 Å². The van der Waals surface area contributed by atoms with Gasteiger partial charge in [-0.15, -0.1) is 0 Å². The lowest BCUT2D eigenvalue weighted by Crippen LogP contribution is -2.28. The second-order valence-corrected chi connectivity index (χ2v) is 4.37. The largest absolute Gasteiger partial charge is 0.175 e. The van der Waals surface area contributed by atoms with E-state index in [1.165, 1.54) is 25.7 Å². The fourth-order valence-electron chi connectivity index (χ4n) is 1.48. The standard InChI is InChI=1S/C8H16S/c1-8(2)6-4-3-5-7(8)9/h7,9H,3-6H2,1-2H3. The molecule has 0 N–H and O–H groups in total. The van der Waals surface area contributed by atoms with Crippen molar-refractivity contribution in [2.45, 2.75) is 44.8 Å². The Morgan fingerprint density at radius 2 is 2.00 bits per heavy atom. The Morgan fingerprint density at radius 3 is 2.33 bits per heavy atom. The molecule has 1 aliphatic carbocycles. The fraction of sp³-hybridized carbons (Fsp3) is 1.00. The van der Waals surface area contributed by atoms with Gasteiger partial charge in [0.15, 0.2) is 0 Å². The third-order valence-electron chi connectivity index (χ3n) is 2.45. The van der Waals surface area contributed by atoms with Crippen LogP contribution in [0.3, 0.4) is 0 Å². The van der Waals surface area contributed by atoms with Crippen molar-refractivity contribution in [1.82, 2.24) is 0 Å². The zero-order valence-corrected chi connectivity index (χ0v) is 7.25. The van der Waals surface area contributed by atoms with Crippen LogP contribution in [0, 0.1) is 5.41 Å². The number of thiol groups is 1. The molecule has 1 unspecified atom stereocenters. The number of hydrogen-bond acceptors (Lipinski definition) is 1. The van der Waals surface area contributed by atoms with E-state index in [4.69, 9.17) is 0 Å². The van der Waals surface area contributed by atoms with Crippen molar-refractivity contribution in [2.24, 2.45) is 5.41 Å². The molecule has 54 valence electrons. The summed E-state index contributed by atoms with van der Waals surface area (Å²) in [6.45, 7) is 4.65. The minimum absolute atomic E-state index is 0.501. The van der Waals surface area contributed by atoms with Crippen LogP contribution in [0.5, 0.6) is 0 Å². The highest BCUT2D eigenvalue weighted by atomic mass is 32.1. The first kappa shape index (κ1) is 7.46. The zero-order chi connectivity index (χ0) is 6.91. The van der Waals surface area contributed by atoms with E-state index in [1.807, 2.05) is 0 Å². The molecule has 0 spiro atoms. The van der Waals surface area contributed by atoms with Crippen molar-refractivity contribution in [3.05, 3.63) is 0 Å². The molecule has 1 fully saturated rings. The summed E-state index contributed by atoms with van der Waals surface area (Å²) in [4.78, 5) is 0. The van der Waals surface area contributed by atoms with Crippen LogP contribution in [0.1, 0.15) is 39.5 Å². The number of rotatable bonds is 0. The first-order valence-corrected chi connectivity index (χ1v) is 4.33. The van der Waals surface area contributed by atoms with Gasteiger partial charge in [-0.3, -0.25) is 0 Å². The molecular weight excluding hydrogens is 128 g/mol. The van der Waals surface area contributed by atoms with Gasteiger partial charge in [-0.1, -0.05) is 26.7 Å². The summed E-state index contributed by atoms with van der Waals surface area (Å²) in [5.74, 6) is 0. The zero-order valence-electron chi connectivity index (χ0n) is 6.35. The predicted molar refractivity (Wildman–Crippen MR) is 45.0 cm³/mol. The highest BCUT2D eigenvalue weighted by molar-refractivity contribution is 7.81. The molecule has 0 aliphatic heterocycles. The molecule has 0 saturated heterocycles. The lowest BCUT2D eigenvalue weighted by Gasteiger charge is -2.35. The Balaban J connectivity index is 2.49. The van der Waals surface area contributed by atoms with Gasteiger partial charge >= 0.3 is 0 Å². The molecule has 0 nitrogen and oxygen atoms in total. The summed E-state index contributed by atoms with van der Waals surface area (Å²) in [6, 6.07) is 0. The van der Waals surface area contributed by atoms with Crippen molar-refractivity contribution in [1.29, 1.82) is 0 Å². The van der Waals surface area contributed by atoms with E-state index < -0.39 is 0 Å². The monoisotopic (exact) mass is 144 g/mol. The molecule has 1 atom stereocenters. The van der Waals surface area contributed by atoms with Crippen LogP contribution in [0.15, 0.2) is 0 Å². The maximum absolute atomic E-state index is 4.54. The summed E-state index contributed by atoms with van der Waals surface area (Å²) >= 11 is 4.54. The van der Waals surface area contributed by atoms with Gasteiger partial charge in [-0.05, 0) is 18.3 Å². The first-order valence-electron chi connectivity index (χ1n) is 3.81. The third kappa shape index (κ3) is 1.64. The highest BCUT2D eigenvalue weighted by Crippen LogP contribution is 2.38. The Hall–Kier alpha value is 0.350. The second kappa shape index (κ2) is 2.53. The SMILES string of the molecule is CC1(C)CCCCC1S. The Morgan fingerprint density at radius 1 is 1.33 bits per heavy atom. The van der Waals surface area contributed by atoms with Crippen LogP contribution >= 0.6 is 12.6 Å². The van der Waals surface area contributed by atoms with Gasteiger partial charge in [0.25, 0.3) is 0 Å². The molecule has 1 saturated carbocycles. The molecule has 0 heterocycles. The summed E-state index contributed by atoms with van der Waals surface area (Å²) in [5, 5.41) is 0.645. The van der Waals surface area contributed by atoms with E-state index in [-0.39, 0.29) is 0 Å². The average Bonchev–Trinajstić information content (AvgIpc) is 1.77.